The monoisotopic (exact) mass is 467 g/mol. The van der Waals surface area contributed by atoms with Crippen molar-refractivity contribution in [3.05, 3.63) is 71.5 Å². The number of ether oxygens (including phenoxy) is 1. The maximum absolute atomic E-state index is 12.4. The molecule has 35 heavy (non-hydrogen) atoms. The van der Waals surface area contributed by atoms with Gasteiger partial charge in [-0.05, 0) is 68.0 Å². The summed E-state index contributed by atoms with van der Waals surface area (Å²) in [5.41, 5.74) is 10.1. The van der Waals surface area contributed by atoms with Crippen LogP contribution in [0.3, 0.4) is 0 Å². The van der Waals surface area contributed by atoms with E-state index in [9.17, 15) is 9.59 Å². The van der Waals surface area contributed by atoms with Gasteiger partial charge < -0.3 is 15.4 Å². The summed E-state index contributed by atoms with van der Waals surface area (Å²) in [5, 5.41) is 3.14. The number of likely N-dealkylation sites (tertiary alicyclic amines) is 1. The number of nitrogens with one attached hydrogen (secondary N) is 1. The number of rotatable bonds is 5. The lowest BCUT2D eigenvalue weighted by Gasteiger charge is -2.30. The Morgan fingerprint density at radius 1 is 1.09 bits per heavy atom. The largest absolute Gasteiger partial charge is 0.457 e. The Bertz CT molecular complexity index is 1430. The van der Waals surface area contributed by atoms with Crippen LogP contribution in [0.2, 0.25) is 0 Å². The van der Waals surface area contributed by atoms with Crippen LogP contribution in [0, 0.1) is 19.3 Å². The SMILES string of the molecule is C#CC(=O)N1CCC(c2c[nH]n3c(C(N)=O)c(-c4ccc(Oc5ccc(C)cc5)cc4)nc23)CC1. The van der Waals surface area contributed by atoms with Crippen LogP contribution >= 0.6 is 0 Å². The average Bonchev–Trinajstić information content (AvgIpc) is 3.45. The van der Waals surface area contributed by atoms with E-state index in [1.165, 1.54) is 0 Å². The standard InChI is InChI=1S/C27H25N5O3/c1-3-23(33)31-14-12-18(13-15-31)22-16-29-32-25(26(28)34)24(30-27(22)32)19-6-10-21(11-7-19)35-20-8-4-17(2)5-9-20/h1,4-11,16,18,29H,12-15H2,2H3,(H2,28,34). The highest BCUT2D eigenvalue weighted by Gasteiger charge is 2.28. The highest BCUT2D eigenvalue weighted by Crippen LogP contribution is 2.34. The van der Waals surface area contributed by atoms with Gasteiger partial charge in [-0.3, -0.25) is 14.7 Å². The number of primary amides is 1. The Kier molecular flexibility index (Phi) is 5.75. The number of aryl methyl sites for hydroxylation is 1. The lowest BCUT2D eigenvalue weighted by Crippen LogP contribution is -2.37. The maximum Gasteiger partial charge on any atom is 0.298 e. The Morgan fingerprint density at radius 3 is 2.31 bits per heavy atom. The first-order valence-electron chi connectivity index (χ1n) is 11.4. The summed E-state index contributed by atoms with van der Waals surface area (Å²) in [4.78, 5) is 30.7. The van der Waals surface area contributed by atoms with Gasteiger partial charge in [0.25, 0.3) is 11.8 Å². The Balaban J connectivity index is 1.42. The van der Waals surface area contributed by atoms with Crippen LogP contribution < -0.4 is 10.5 Å². The first-order valence-corrected chi connectivity index (χ1v) is 11.4. The van der Waals surface area contributed by atoms with Crippen LogP contribution in [-0.2, 0) is 4.79 Å². The van der Waals surface area contributed by atoms with Crippen LogP contribution in [0.15, 0.2) is 54.7 Å². The van der Waals surface area contributed by atoms with E-state index in [1.807, 2.05) is 61.7 Å². The fourth-order valence-corrected chi connectivity index (χ4v) is 4.58. The van der Waals surface area contributed by atoms with Gasteiger partial charge in [-0.2, -0.15) is 0 Å². The summed E-state index contributed by atoms with van der Waals surface area (Å²) in [5.74, 6) is 2.94. The van der Waals surface area contributed by atoms with Crippen LogP contribution in [0.25, 0.3) is 16.9 Å². The minimum absolute atomic E-state index is 0.187. The number of aromatic nitrogens is 3. The smallest absolute Gasteiger partial charge is 0.298 e. The number of imidazole rings is 1. The molecular formula is C27H25N5O3. The van der Waals surface area contributed by atoms with Crippen LogP contribution in [-0.4, -0.2) is 44.4 Å². The zero-order valence-corrected chi connectivity index (χ0v) is 19.3. The van der Waals surface area contributed by atoms with Gasteiger partial charge in [0.2, 0.25) is 0 Å². The van der Waals surface area contributed by atoms with Gasteiger partial charge in [-0.25, -0.2) is 9.50 Å². The van der Waals surface area contributed by atoms with E-state index in [-0.39, 0.29) is 11.8 Å². The topological polar surface area (TPSA) is 106 Å². The van der Waals surface area contributed by atoms with Crippen LogP contribution in [0.1, 0.15) is 40.4 Å². The molecular weight excluding hydrogens is 442 g/mol. The molecule has 3 heterocycles. The van der Waals surface area contributed by atoms with Gasteiger partial charge >= 0.3 is 0 Å². The van der Waals surface area contributed by atoms with E-state index < -0.39 is 5.91 Å². The van der Waals surface area contributed by atoms with Crippen molar-refractivity contribution in [2.75, 3.05) is 13.1 Å². The number of piperidine rings is 1. The van der Waals surface area contributed by atoms with E-state index in [1.54, 1.807) is 9.42 Å². The number of hydrogen-bond acceptors (Lipinski definition) is 4. The molecule has 2 aromatic heterocycles. The molecule has 0 unspecified atom stereocenters. The molecule has 0 atom stereocenters. The summed E-state index contributed by atoms with van der Waals surface area (Å²) >= 11 is 0. The third-order valence-electron chi connectivity index (χ3n) is 6.45. The number of hydrogen-bond donors (Lipinski definition) is 2. The third kappa shape index (κ3) is 4.24. The molecule has 0 radical (unpaired) electrons. The van der Waals surface area contributed by atoms with Crippen molar-refractivity contribution in [2.45, 2.75) is 25.7 Å². The van der Waals surface area contributed by atoms with Gasteiger partial charge in [-0.1, -0.05) is 17.7 Å². The van der Waals surface area contributed by atoms with Crippen molar-refractivity contribution in [2.24, 2.45) is 5.73 Å². The van der Waals surface area contributed by atoms with Gasteiger partial charge in [0.15, 0.2) is 11.3 Å². The molecule has 1 fully saturated rings. The Hall–Kier alpha value is -4.51. The molecule has 0 saturated carbocycles. The number of nitrogens with two attached hydrogens (primary N) is 1. The predicted octanol–water partition coefficient (Wildman–Crippen LogP) is 3.87. The Morgan fingerprint density at radius 2 is 1.71 bits per heavy atom. The van der Waals surface area contributed by atoms with E-state index >= 15 is 0 Å². The molecule has 1 saturated heterocycles. The molecule has 3 N–H and O–H groups in total. The molecule has 2 amide bonds. The summed E-state index contributed by atoms with van der Waals surface area (Å²) < 4.78 is 7.56. The van der Waals surface area contributed by atoms with Crippen molar-refractivity contribution >= 4 is 17.5 Å². The lowest BCUT2D eigenvalue weighted by atomic mass is 9.91. The minimum atomic E-state index is -0.574. The molecule has 1 aliphatic heterocycles. The number of fused-ring (bicyclic) bond motifs is 1. The fourth-order valence-electron chi connectivity index (χ4n) is 4.58. The molecule has 2 aromatic carbocycles. The van der Waals surface area contributed by atoms with Gasteiger partial charge in [-0.15, -0.1) is 6.42 Å². The maximum atomic E-state index is 12.4. The highest BCUT2D eigenvalue weighted by molar-refractivity contribution is 5.98. The average molecular weight is 468 g/mol. The second kappa shape index (κ2) is 9.03. The number of carbonyl (C=O) groups is 2. The lowest BCUT2D eigenvalue weighted by molar-refractivity contribution is -0.126. The summed E-state index contributed by atoms with van der Waals surface area (Å²) in [7, 11) is 0. The van der Waals surface area contributed by atoms with Gasteiger partial charge in [0.05, 0.1) is 0 Å². The van der Waals surface area contributed by atoms with Crippen molar-refractivity contribution in [3.63, 3.8) is 0 Å². The normalized spacial score (nSPS) is 14.1. The number of H-pyrrole nitrogens is 1. The first kappa shape index (κ1) is 22.3. The van der Waals surface area contributed by atoms with Crippen molar-refractivity contribution < 1.29 is 14.3 Å². The zero-order valence-electron chi connectivity index (χ0n) is 19.3. The van der Waals surface area contributed by atoms with E-state index in [0.29, 0.717) is 35.9 Å². The second-order valence-electron chi connectivity index (χ2n) is 8.71. The number of aromatic amines is 1. The van der Waals surface area contributed by atoms with Crippen molar-refractivity contribution in [3.8, 4) is 35.1 Å². The number of amides is 2. The molecule has 8 heteroatoms. The van der Waals surface area contributed by atoms with Gasteiger partial charge in [0, 0.05) is 30.4 Å². The van der Waals surface area contributed by atoms with Crippen LogP contribution in [0.5, 0.6) is 11.5 Å². The molecule has 0 spiro atoms. The van der Waals surface area contributed by atoms with E-state index in [0.717, 1.165) is 35.3 Å². The predicted molar refractivity (Wildman–Crippen MR) is 132 cm³/mol. The van der Waals surface area contributed by atoms with Crippen molar-refractivity contribution in [1.82, 2.24) is 19.5 Å². The van der Waals surface area contributed by atoms with Crippen LogP contribution in [0.4, 0.5) is 0 Å². The molecule has 0 aliphatic carbocycles. The Labute approximate surface area is 202 Å². The number of nitrogens with zero attached hydrogens (tertiary/aromatic N) is 3. The molecule has 8 nitrogen and oxygen atoms in total. The van der Waals surface area contributed by atoms with E-state index in [4.69, 9.17) is 21.9 Å². The zero-order chi connectivity index (χ0) is 24.5. The minimum Gasteiger partial charge on any atom is -0.457 e. The third-order valence-corrected chi connectivity index (χ3v) is 6.45. The summed E-state index contributed by atoms with van der Waals surface area (Å²) in [6.45, 7) is 3.20. The first-order chi connectivity index (χ1) is 16.9. The molecule has 0 bridgehead atoms. The molecule has 4 aromatic rings. The number of benzene rings is 2. The fraction of sp³-hybridized carbons (Fsp3) is 0.222. The molecule has 1 aliphatic rings. The van der Waals surface area contributed by atoms with Crippen molar-refractivity contribution in [1.29, 1.82) is 0 Å². The van der Waals surface area contributed by atoms with Gasteiger partial charge in [0.1, 0.15) is 17.2 Å². The molecule has 5 rings (SSSR count). The van der Waals surface area contributed by atoms with E-state index in [2.05, 4.69) is 11.0 Å². The second-order valence-corrected chi connectivity index (χ2v) is 8.71. The summed E-state index contributed by atoms with van der Waals surface area (Å²) in [6, 6.07) is 15.2. The molecule has 176 valence electrons. The quantitative estimate of drug-likeness (QED) is 0.435. The number of terminal acetylenes is 1. The number of carbonyl (C=O) groups excluding carboxylic acids is 2. The summed E-state index contributed by atoms with van der Waals surface area (Å²) in [6.07, 6.45) is 8.64. The highest BCUT2D eigenvalue weighted by atomic mass is 16.5.